The maximum absolute atomic E-state index is 13.9. The number of carbonyl (C=O) groups excluding carboxylic acids is 1. The summed E-state index contributed by atoms with van der Waals surface area (Å²) in [6.07, 6.45) is 4.21. The third-order valence-electron chi connectivity index (χ3n) is 6.48. The second kappa shape index (κ2) is 11.0. The number of amides is 1. The topological polar surface area (TPSA) is 53.6 Å². The van der Waals surface area contributed by atoms with Gasteiger partial charge in [0.25, 0.3) is 5.91 Å². The molecule has 1 aliphatic carbocycles. The van der Waals surface area contributed by atoms with Gasteiger partial charge >= 0.3 is 0 Å². The highest BCUT2D eigenvalue weighted by Crippen LogP contribution is 2.43. The van der Waals surface area contributed by atoms with Gasteiger partial charge in [0.05, 0.1) is 5.02 Å². The van der Waals surface area contributed by atoms with Gasteiger partial charge in [-0.3, -0.25) is 10.1 Å². The fraction of sp³-hybridized carbons (Fsp3) is 0.286. The van der Waals surface area contributed by atoms with Crippen LogP contribution in [0.15, 0.2) is 36.4 Å². The van der Waals surface area contributed by atoms with E-state index in [1.54, 1.807) is 13.0 Å². The van der Waals surface area contributed by atoms with Crippen molar-refractivity contribution in [3.05, 3.63) is 80.9 Å². The van der Waals surface area contributed by atoms with Gasteiger partial charge in [0, 0.05) is 31.0 Å². The minimum atomic E-state index is -0.987. The number of carbonyl (C=O) groups is 1. The van der Waals surface area contributed by atoms with Crippen LogP contribution in [0.4, 0.5) is 20.2 Å². The molecule has 1 amide bonds. The smallest absolute Gasteiger partial charge is 0.263 e. The number of rotatable bonds is 5. The summed E-state index contributed by atoms with van der Waals surface area (Å²) in [6, 6.07) is 9.06. The minimum absolute atomic E-state index is 0.117. The Morgan fingerprint density at radius 3 is 2.35 bits per heavy atom. The minimum Gasteiger partial charge on any atom is -0.455 e. The largest absolute Gasteiger partial charge is 0.455 e. The van der Waals surface area contributed by atoms with E-state index in [9.17, 15) is 13.6 Å². The van der Waals surface area contributed by atoms with Crippen molar-refractivity contribution in [2.75, 3.05) is 24.3 Å². The molecule has 5 nitrogen and oxygen atoms in total. The number of nitrogens with one attached hydrogen (secondary N) is 2. The molecular formula is C28H28ClF2N3O2S. The third-order valence-corrected chi connectivity index (χ3v) is 7.14. The average molecular weight is 544 g/mol. The van der Waals surface area contributed by atoms with E-state index in [1.807, 2.05) is 27.1 Å². The van der Waals surface area contributed by atoms with Crippen molar-refractivity contribution in [3.8, 4) is 11.5 Å². The first-order valence-corrected chi connectivity index (χ1v) is 12.7. The molecule has 0 atom stereocenters. The zero-order valence-electron chi connectivity index (χ0n) is 21.1. The quantitative estimate of drug-likeness (QED) is 0.336. The molecule has 0 aliphatic heterocycles. The Labute approximate surface area is 225 Å². The Morgan fingerprint density at radius 1 is 1.05 bits per heavy atom. The second-order valence-electron chi connectivity index (χ2n) is 9.26. The lowest BCUT2D eigenvalue weighted by Gasteiger charge is -2.26. The molecule has 2 N–H and O–H groups in total. The van der Waals surface area contributed by atoms with E-state index < -0.39 is 23.1 Å². The highest BCUT2D eigenvalue weighted by Gasteiger charge is 2.22. The molecule has 3 aromatic carbocycles. The predicted octanol–water partition coefficient (Wildman–Crippen LogP) is 7.10. The van der Waals surface area contributed by atoms with Crippen LogP contribution in [-0.2, 0) is 12.8 Å². The van der Waals surface area contributed by atoms with Gasteiger partial charge in [-0.15, -0.1) is 0 Å². The SMILES string of the molecule is Cc1cc(NC(=S)NC(=O)c2c(F)cccc2F)c(C)c(Cl)c1Oc1ccc(N(C)C)c2c1CCCC2. The number of thiocarbonyl (C=S) groups is 1. The van der Waals surface area contributed by atoms with Crippen molar-refractivity contribution >= 4 is 46.2 Å². The molecule has 37 heavy (non-hydrogen) atoms. The first-order valence-electron chi connectivity index (χ1n) is 11.9. The number of aryl methyl sites for hydroxylation is 1. The van der Waals surface area contributed by atoms with Crippen molar-refractivity contribution < 1.29 is 18.3 Å². The van der Waals surface area contributed by atoms with Gasteiger partial charge in [0.2, 0.25) is 0 Å². The summed E-state index contributed by atoms with van der Waals surface area (Å²) in [6.45, 7) is 3.66. The van der Waals surface area contributed by atoms with Crippen molar-refractivity contribution in [1.29, 1.82) is 0 Å². The summed E-state index contributed by atoms with van der Waals surface area (Å²) in [7, 11) is 4.08. The molecule has 0 spiro atoms. The predicted molar refractivity (Wildman–Crippen MR) is 148 cm³/mol. The van der Waals surface area contributed by atoms with Crippen LogP contribution in [0.25, 0.3) is 0 Å². The molecule has 3 aromatic rings. The Morgan fingerprint density at radius 2 is 1.70 bits per heavy atom. The molecule has 9 heteroatoms. The van der Waals surface area contributed by atoms with E-state index in [0.29, 0.717) is 22.0 Å². The highest BCUT2D eigenvalue weighted by molar-refractivity contribution is 7.80. The van der Waals surface area contributed by atoms with E-state index in [-0.39, 0.29) is 5.11 Å². The van der Waals surface area contributed by atoms with Crippen molar-refractivity contribution in [2.45, 2.75) is 39.5 Å². The van der Waals surface area contributed by atoms with E-state index in [0.717, 1.165) is 49.1 Å². The maximum Gasteiger partial charge on any atom is 0.263 e. The van der Waals surface area contributed by atoms with Crippen LogP contribution in [0.5, 0.6) is 11.5 Å². The molecule has 0 saturated carbocycles. The zero-order valence-corrected chi connectivity index (χ0v) is 22.7. The number of hydrogen-bond acceptors (Lipinski definition) is 4. The molecule has 0 heterocycles. The molecular weight excluding hydrogens is 516 g/mol. The van der Waals surface area contributed by atoms with Crippen molar-refractivity contribution in [1.82, 2.24) is 5.32 Å². The van der Waals surface area contributed by atoms with Crippen molar-refractivity contribution in [3.63, 3.8) is 0 Å². The number of hydrogen-bond donors (Lipinski definition) is 2. The summed E-state index contributed by atoms with van der Waals surface area (Å²) in [5.41, 5.74) is 4.96. The van der Waals surface area contributed by atoms with Crippen molar-refractivity contribution in [2.24, 2.45) is 0 Å². The Hall–Kier alpha value is -3.23. The number of nitrogens with zero attached hydrogens (tertiary/aromatic N) is 1. The third kappa shape index (κ3) is 5.55. The first kappa shape index (κ1) is 26.8. The van der Waals surface area contributed by atoms with Gasteiger partial charge in [-0.05, 0) is 98.8 Å². The van der Waals surface area contributed by atoms with Gasteiger partial charge < -0.3 is 15.0 Å². The average Bonchev–Trinajstić information content (AvgIpc) is 2.84. The highest BCUT2D eigenvalue weighted by atomic mass is 35.5. The summed E-state index contributed by atoms with van der Waals surface area (Å²) < 4.78 is 34.3. The summed E-state index contributed by atoms with van der Waals surface area (Å²) in [5, 5.41) is 5.50. The van der Waals surface area contributed by atoms with Crippen LogP contribution < -0.4 is 20.3 Å². The van der Waals surface area contributed by atoms with Crippen LogP contribution >= 0.6 is 23.8 Å². The lowest BCUT2D eigenvalue weighted by atomic mass is 9.89. The molecule has 0 unspecified atom stereocenters. The fourth-order valence-corrected chi connectivity index (χ4v) is 5.07. The standard InChI is InChI=1S/C28H28ClF2N3O2S/c1-15-14-21(32-28(37)33-27(35)24-19(30)10-7-11-20(24)31)16(2)25(29)26(15)36-23-13-12-22(34(3)4)17-8-5-6-9-18(17)23/h7,10-14H,5-6,8-9H2,1-4H3,(H2,32,33,35,37). The van der Waals surface area contributed by atoms with Crippen LogP contribution in [0.2, 0.25) is 5.02 Å². The van der Waals surface area contributed by atoms with Gasteiger partial charge in [0.1, 0.15) is 28.7 Å². The van der Waals surface area contributed by atoms with Crippen LogP contribution in [0.1, 0.15) is 45.5 Å². The Bertz CT molecular complexity index is 1370. The molecule has 194 valence electrons. The molecule has 0 fully saturated rings. The fourth-order valence-electron chi connectivity index (χ4n) is 4.58. The van der Waals surface area contributed by atoms with Crippen LogP contribution in [-0.4, -0.2) is 25.1 Å². The van der Waals surface area contributed by atoms with Crippen LogP contribution in [0, 0.1) is 25.5 Å². The van der Waals surface area contributed by atoms with Crippen LogP contribution in [0.3, 0.4) is 0 Å². The van der Waals surface area contributed by atoms with E-state index >= 15 is 0 Å². The molecule has 0 radical (unpaired) electrons. The van der Waals surface area contributed by atoms with Gasteiger partial charge in [0.15, 0.2) is 5.11 Å². The van der Waals surface area contributed by atoms with E-state index in [1.165, 1.54) is 22.9 Å². The molecule has 0 bridgehead atoms. The summed E-state index contributed by atoms with van der Waals surface area (Å²) >= 11 is 12.0. The second-order valence-corrected chi connectivity index (χ2v) is 10.0. The molecule has 4 rings (SSSR count). The number of halogens is 3. The number of benzene rings is 3. The zero-order chi connectivity index (χ0) is 26.9. The Kier molecular flexibility index (Phi) is 7.99. The van der Waals surface area contributed by atoms with E-state index in [2.05, 4.69) is 21.6 Å². The van der Waals surface area contributed by atoms with Gasteiger partial charge in [-0.1, -0.05) is 17.7 Å². The number of ether oxygens (including phenoxy) is 1. The first-order chi connectivity index (χ1) is 17.6. The summed E-state index contributed by atoms with van der Waals surface area (Å²) in [4.78, 5) is 14.5. The lowest BCUT2D eigenvalue weighted by Crippen LogP contribution is -2.35. The molecule has 0 saturated heterocycles. The van der Waals surface area contributed by atoms with Gasteiger partial charge in [-0.2, -0.15) is 0 Å². The van der Waals surface area contributed by atoms with Gasteiger partial charge in [-0.25, -0.2) is 8.78 Å². The molecule has 1 aliphatic rings. The lowest BCUT2D eigenvalue weighted by molar-refractivity contribution is 0.0969. The maximum atomic E-state index is 13.9. The van der Waals surface area contributed by atoms with E-state index in [4.69, 9.17) is 28.6 Å². The Balaban J connectivity index is 1.57. The molecule has 0 aromatic heterocycles. The monoisotopic (exact) mass is 543 g/mol. The normalized spacial score (nSPS) is 12.5. The number of fused-ring (bicyclic) bond motifs is 1. The number of anilines is 2. The summed E-state index contributed by atoms with van der Waals surface area (Å²) in [5.74, 6) is -1.60.